The maximum atomic E-state index is 13.5. The van der Waals surface area contributed by atoms with Crippen molar-refractivity contribution in [1.29, 1.82) is 0 Å². The number of ether oxygens (including phenoxy) is 2. The predicted octanol–water partition coefficient (Wildman–Crippen LogP) is 3.58. The van der Waals surface area contributed by atoms with Crippen molar-refractivity contribution in [3.8, 4) is 23.0 Å². The summed E-state index contributed by atoms with van der Waals surface area (Å²) >= 11 is 0. The number of pyridine rings is 1. The van der Waals surface area contributed by atoms with Crippen molar-refractivity contribution in [1.82, 2.24) is 4.98 Å². The van der Waals surface area contributed by atoms with E-state index in [0.29, 0.717) is 16.9 Å². The lowest BCUT2D eigenvalue weighted by Gasteiger charge is -2.10. The van der Waals surface area contributed by atoms with E-state index in [1.807, 2.05) is 0 Å². The van der Waals surface area contributed by atoms with Crippen molar-refractivity contribution in [2.45, 2.75) is 0 Å². The number of aromatic nitrogens is 1. The van der Waals surface area contributed by atoms with E-state index in [4.69, 9.17) is 14.6 Å². The lowest BCUT2D eigenvalue weighted by Crippen LogP contribution is -2.00. The highest BCUT2D eigenvalue weighted by molar-refractivity contribution is 5.98. The van der Waals surface area contributed by atoms with Crippen molar-refractivity contribution in [2.75, 3.05) is 7.11 Å². The van der Waals surface area contributed by atoms with Crippen LogP contribution in [0.3, 0.4) is 0 Å². The van der Waals surface area contributed by atoms with Gasteiger partial charge in [0.2, 0.25) is 0 Å². The zero-order chi connectivity index (χ0) is 17.3. The van der Waals surface area contributed by atoms with Gasteiger partial charge in [-0.05, 0) is 18.2 Å². The Kier molecular flexibility index (Phi) is 3.91. The molecular formula is C17H12FNO5. The first-order chi connectivity index (χ1) is 11.5. The highest BCUT2D eigenvalue weighted by Crippen LogP contribution is 2.33. The number of methoxy groups -OCH3 is 1. The average Bonchev–Trinajstić information content (AvgIpc) is 2.54. The fourth-order valence-electron chi connectivity index (χ4n) is 2.25. The van der Waals surface area contributed by atoms with Crippen LogP contribution >= 0.6 is 0 Å². The van der Waals surface area contributed by atoms with E-state index in [1.54, 1.807) is 12.1 Å². The molecule has 6 nitrogen and oxygen atoms in total. The third kappa shape index (κ3) is 2.91. The van der Waals surface area contributed by atoms with Crippen LogP contribution in [0.4, 0.5) is 4.39 Å². The molecule has 0 saturated carbocycles. The Bertz CT molecular complexity index is 942. The second kappa shape index (κ2) is 6.04. The van der Waals surface area contributed by atoms with Gasteiger partial charge in [-0.25, -0.2) is 14.2 Å². The SMILES string of the molecule is COc1cc(F)cc(Oc2ccc3cnc(C(=O)O)c(O)c3c2)c1. The number of hydrogen-bond donors (Lipinski definition) is 2. The normalized spacial score (nSPS) is 10.6. The lowest BCUT2D eigenvalue weighted by molar-refractivity contribution is 0.0687. The standard InChI is InChI=1S/C17H12FNO5/c1-23-12-4-10(18)5-13(6-12)24-11-3-2-9-8-19-15(17(21)22)16(20)14(9)7-11/h2-8,20H,1H3,(H,21,22). The van der Waals surface area contributed by atoms with Gasteiger partial charge in [0.15, 0.2) is 11.4 Å². The van der Waals surface area contributed by atoms with Crippen molar-refractivity contribution in [2.24, 2.45) is 0 Å². The smallest absolute Gasteiger partial charge is 0.358 e. The van der Waals surface area contributed by atoms with Gasteiger partial charge in [-0.3, -0.25) is 0 Å². The van der Waals surface area contributed by atoms with E-state index in [0.717, 1.165) is 0 Å². The molecule has 1 aromatic heterocycles. The number of hydrogen-bond acceptors (Lipinski definition) is 5. The first kappa shape index (κ1) is 15.5. The minimum Gasteiger partial charge on any atom is -0.505 e. The molecule has 7 heteroatoms. The van der Waals surface area contributed by atoms with Crippen LogP contribution in [0.5, 0.6) is 23.0 Å². The van der Waals surface area contributed by atoms with Crippen LogP contribution in [0.2, 0.25) is 0 Å². The van der Waals surface area contributed by atoms with Crippen LogP contribution in [0.25, 0.3) is 10.8 Å². The van der Waals surface area contributed by atoms with E-state index in [1.165, 1.54) is 37.6 Å². The van der Waals surface area contributed by atoms with Gasteiger partial charge < -0.3 is 19.7 Å². The maximum Gasteiger partial charge on any atom is 0.358 e. The van der Waals surface area contributed by atoms with Gasteiger partial charge >= 0.3 is 5.97 Å². The van der Waals surface area contributed by atoms with Crippen molar-refractivity contribution < 1.29 is 28.9 Å². The Balaban J connectivity index is 2.03. The lowest BCUT2D eigenvalue weighted by atomic mass is 10.1. The van der Waals surface area contributed by atoms with Gasteiger partial charge in [-0.2, -0.15) is 0 Å². The molecule has 0 spiro atoms. The first-order valence-corrected chi connectivity index (χ1v) is 6.85. The van der Waals surface area contributed by atoms with Gasteiger partial charge in [-0.1, -0.05) is 0 Å². The molecule has 0 aliphatic rings. The van der Waals surface area contributed by atoms with Crippen LogP contribution in [-0.2, 0) is 0 Å². The summed E-state index contributed by atoms with van der Waals surface area (Å²) in [5.41, 5.74) is -0.452. The molecule has 122 valence electrons. The number of benzene rings is 2. The maximum absolute atomic E-state index is 13.5. The van der Waals surface area contributed by atoms with Gasteiger partial charge in [0, 0.05) is 35.2 Å². The number of aromatic carboxylic acids is 1. The molecule has 24 heavy (non-hydrogen) atoms. The van der Waals surface area contributed by atoms with Crippen LogP contribution in [0, 0.1) is 5.82 Å². The molecule has 0 atom stereocenters. The number of carbonyl (C=O) groups is 1. The molecule has 0 bridgehead atoms. The molecule has 2 aromatic carbocycles. The van der Waals surface area contributed by atoms with Crippen LogP contribution < -0.4 is 9.47 Å². The zero-order valence-corrected chi connectivity index (χ0v) is 12.5. The van der Waals surface area contributed by atoms with E-state index < -0.39 is 23.2 Å². The molecule has 0 radical (unpaired) electrons. The number of fused-ring (bicyclic) bond motifs is 1. The molecule has 3 rings (SSSR count). The van der Waals surface area contributed by atoms with Gasteiger partial charge in [-0.15, -0.1) is 0 Å². The molecule has 0 fully saturated rings. The fraction of sp³-hybridized carbons (Fsp3) is 0.0588. The summed E-state index contributed by atoms with van der Waals surface area (Å²) in [4.78, 5) is 14.7. The highest BCUT2D eigenvalue weighted by atomic mass is 19.1. The molecule has 0 aliphatic heterocycles. The quantitative estimate of drug-likeness (QED) is 0.760. The molecule has 0 amide bonds. The Morgan fingerprint density at radius 1 is 1.12 bits per heavy atom. The molecule has 0 unspecified atom stereocenters. The van der Waals surface area contributed by atoms with Gasteiger partial charge in [0.05, 0.1) is 7.11 Å². The summed E-state index contributed by atoms with van der Waals surface area (Å²) in [5, 5.41) is 19.9. The summed E-state index contributed by atoms with van der Waals surface area (Å²) in [6.45, 7) is 0. The summed E-state index contributed by atoms with van der Waals surface area (Å²) < 4.78 is 24.0. The number of rotatable bonds is 4. The minimum atomic E-state index is -1.34. The second-order valence-electron chi connectivity index (χ2n) is 4.94. The summed E-state index contributed by atoms with van der Waals surface area (Å²) in [6.07, 6.45) is 1.34. The monoisotopic (exact) mass is 329 g/mol. The Morgan fingerprint density at radius 2 is 1.88 bits per heavy atom. The topological polar surface area (TPSA) is 88.9 Å². The highest BCUT2D eigenvalue weighted by Gasteiger charge is 2.15. The van der Waals surface area contributed by atoms with Gasteiger partial charge in [0.25, 0.3) is 0 Å². The van der Waals surface area contributed by atoms with E-state index in [2.05, 4.69) is 4.98 Å². The number of aromatic hydroxyl groups is 1. The molecular weight excluding hydrogens is 317 g/mol. The number of nitrogens with zero attached hydrogens (tertiary/aromatic N) is 1. The first-order valence-electron chi connectivity index (χ1n) is 6.85. The van der Waals surface area contributed by atoms with Crippen molar-refractivity contribution in [3.05, 3.63) is 54.1 Å². The third-order valence-electron chi connectivity index (χ3n) is 3.36. The molecule has 1 heterocycles. The fourth-order valence-corrected chi connectivity index (χ4v) is 2.25. The Hall–Kier alpha value is -3.35. The number of carboxylic acids is 1. The average molecular weight is 329 g/mol. The largest absolute Gasteiger partial charge is 0.505 e. The molecule has 0 saturated heterocycles. The van der Waals surface area contributed by atoms with Crippen molar-refractivity contribution in [3.63, 3.8) is 0 Å². The van der Waals surface area contributed by atoms with Crippen LogP contribution in [0.1, 0.15) is 10.5 Å². The van der Waals surface area contributed by atoms with Gasteiger partial charge in [0.1, 0.15) is 23.1 Å². The van der Waals surface area contributed by atoms with E-state index in [-0.39, 0.29) is 11.1 Å². The predicted molar refractivity (Wildman–Crippen MR) is 83.4 cm³/mol. The zero-order valence-electron chi connectivity index (χ0n) is 12.5. The molecule has 2 N–H and O–H groups in total. The summed E-state index contributed by atoms with van der Waals surface area (Å²) in [7, 11) is 1.41. The number of carboxylic acid groups (broad SMARTS) is 1. The van der Waals surface area contributed by atoms with Crippen LogP contribution in [0.15, 0.2) is 42.6 Å². The van der Waals surface area contributed by atoms with Crippen LogP contribution in [-0.4, -0.2) is 28.3 Å². The third-order valence-corrected chi connectivity index (χ3v) is 3.36. The van der Waals surface area contributed by atoms with E-state index in [9.17, 15) is 14.3 Å². The second-order valence-corrected chi connectivity index (χ2v) is 4.94. The summed E-state index contributed by atoms with van der Waals surface area (Å²) in [5.74, 6) is -1.51. The minimum absolute atomic E-state index is 0.207. The van der Waals surface area contributed by atoms with Crippen molar-refractivity contribution >= 4 is 16.7 Å². The van der Waals surface area contributed by atoms with E-state index >= 15 is 0 Å². The summed E-state index contributed by atoms with van der Waals surface area (Å²) in [6, 6.07) is 8.56. The number of halogens is 1. The molecule has 3 aromatic rings. The Morgan fingerprint density at radius 3 is 2.58 bits per heavy atom. The Labute approximate surface area is 135 Å². The molecule has 0 aliphatic carbocycles.